The number of nitriles is 1. The maximum atomic E-state index is 14.0. The Morgan fingerprint density at radius 1 is 0.809 bits per heavy atom. The van der Waals surface area contributed by atoms with Crippen LogP contribution in [0.25, 0.3) is 0 Å². The van der Waals surface area contributed by atoms with E-state index in [1.165, 1.54) is 6.20 Å². The molecule has 0 aliphatic rings. The predicted molar refractivity (Wildman–Crippen MR) is 184 cm³/mol. The third-order valence-electron chi connectivity index (χ3n) is 7.73. The summed E-state index contributed by atoms with van der Waals surface area (Å²) in [6.07, 6.45) is 3.58. The van der Waals surface area contributed by atoms with Crippen LogP contribution < -0.4 is 16.0 Å². The number of carbonyl (C=O) groups is 3. The minimum absolute atomic E-state index is 0.140. The highest BCUT2D eigenvalue weighted by molar-refractivity contribution is 7.99. The molecule has 0 saturated carbocycles. The van der Waals surface area contributed by atoms with Crippen molar-refractivity contribution >= 4 is 29.5 Å². The van der Waals surface area contributed by atoms with Crippen molar-refractivity contribution in [2.24, 2.45) is 0 Å². The zero-order chi connectivity index (χ0) is 34.0. The summed E-state index contributed by atoms with van der Waals surface area (Å²) in [7, 11) is 0. The Morgan fingerprint density at radius 3 is 2.00 bits per heavy atom. The van der Waals surface area contributed by atoms with E-state index in [-0.39, 0.29) is 12.8 Å². The van der Waals surface area contributed by atoms with Crippen LogP contribution in [0.1, 0.15) is 72.2 Å². The van der Waals surface area contributed by atoms with Gasteiger partial charge in [-0.25, -0.2) is 0 Å². The molecule has 3 amide bonds. The first-order valence-electron chi connectivity index (χ1n) is 16.0. The van der Waals surface area contributed by atoms with Crippen molar-refractivity contribution in [3.63, 3.8) is 0 Å². The van der Waals surface area contributed by atoms with Gasteiger partial charge in [-0.2, -0.15) is 17.0 Å². The van der Waals surface area contributed by atoms with Gasteiger partial charge in [0, 0.05) is 29.0 Å². The molecule has 0 aliphatic carbocycles. The fourth-order valence-corrected chi connectivity index (χ4v) is 6.69. The maximum Gasteiger partial charge on any atom is 0.253 e. The molecule has 11 heteroatoms. The minimum atomic E-state index is -1.60. The normalized spacial score (nSPS) is 14.2. The van der Waals surface area contributed by atoms with Crippen molar-refractivity contribution in [2.75, 3.05) is 5.75 Å². The number of benzene rings is 2. The molecule has 2 aromatic carbocycles. The summed E-state index contributed by atoms with van der Waals surface area (Å²) in [5.41, 5.74) is 1.42. The van der Waals surface area contributed by atoms with Crippen LogP contribution >= 0.6 is 11.8 Å². The van der Waals surface area contributed by atoms with E-state index >= 15 is 0 Å². The fourth-order valence-electron chi connectivity index (χ4n) is 5.19. The molecule has 0 saturated heterocycles. The van der Waals surface area contributed by atoms with E-state index < -0.39 is 48.1 Å². The van der Waals surface area contributed by atoms with Crippen molar-refractivity contribution in [2.45, 2.75) is 88.0 Å². The molecule has 0 aliphatic heterocycles. The van der Waals surface area contributed by atoms with E-state index in [1.807, 2.05) is 36.4 Å². The Labute approximate surface area is 281 Å². The first-order chi connectivity index (χ1) is 22.8. The van der Waals surface area contributed by atoms with Crippen LogP contribution in [0, 0.1) is 11.3 Å². The number of rotatable bonds is 19. The van der Waals surface area contributed by atoms with Crippen LogP contribution in [0.15, 0.2) is 85.2 Å². The predicted octanol–water partition coefficient (Wildman–Crippen LogP) is 4.04. The largest absolute Gasteiger partial charge is 0.388 e. The molecule has 10 nitrogen and oxygen atoms in total. The van der Waals surface area contributed by atoms with Gasteiger partial charge in [-0.15, -0.1) is 0 Å². The summed E-state index contributed by atoms with van der Waals surface area (Å²) in [6.45, 7) is 4.22. The summed E-state index contributed by atoms with van der Waals surface area (Å²) in [5.74, 6) is -1.20. The Hall–Kier alpha value is -4.24. The molecule has 0 fully saturated rings. The number of nitrogens with zero attached hydrogens (tertiary/aromatic N) is 2. The second-order valence-corrected chi connectivity index (χ2v) is 12.7. The maximum absolute atomic E-state index is 14.0. The Morgan fingerprint density at radius 2 is 1.40 bits per heavy atom. The average Bonchev–Trinajstić information content (AvgIpc) is 3.10. The van der Waals surface area contributed by atoms with Gasteiger partial charge in [-0.3, -0.25) is 19.4 Å². The van der Waals surface area contributed by atoms with Crippen LogP contribution in [0.2, 0.25) is 0 Å². The molecular formula is C36H45N5O5S. The molecule has 5 atom stereocenters. The van der Waals surface area contributed by atoms with E-state index in [0.29, 0.717) is 22.1 Å². The van der Waals surface area contributed by atoms with Crippen molar-refractivity contribution in [1.29, 1.82) is 5.26 Å². The van der Waals surface area contributed by atoms with E-state index in [4.69, 9.17) is 0 Å². The van der Waals surface area contributed by atoms with Crippen molar-refractivity contribution in [1.82, 2.24) is 20.9 Å². The molecule has 1 aromatic heterocycles. The lowest BCUT2D eigenvalue weighted by Gasteiger charge is -2.33. The van der Waals surface area contributed by atoms with Crippen LogP contribution in [0.4, 0.5) is 0 Å². The average molecular weight is 660 g/mol. The van der Waals surface area contributed by atoms with Gasteiger partial charge in [0.15, 0.2) is 0 Å². The number of thioether (sulfide) groups is 1. The first-order valence-corrected chi connectivity index (χ1v) is 17.1. The van der Waals surface area contributed by atoms with Gasteiger partial charge >= 0.3 is 0 Å². The monoisotopic (exact) mass is 659 g/mol. The van der Waals surface area contributed by atoms with Gasteiger partial charge in [-0.05, 0) is 49.1 Å². The van der Waals surface area contributed by atoms with Crippen molar-refractivity contribution in [3.8, 4) is 6.07 Å². The van der Waals surface area contributed by atoms with Crippen molar-refractivity contribution < 1.29 is 24.6 Å². The molecule has 0 unspecified atom stereocenters. The number of aromatic nitrogens is 1. The Bertz CT molecular complexity index is 1420. The molecule has 3 rings (SSSR count). The fraction of sp³-hybridized carbons (Fsp3) is 0.417. The highest BCUT2D eigenvalue weighted by Crippen LogP contribution is 2.23. The minimum Gasteiger partial charge on any atom is -0.388 e. The van der Waals surface area contributed by atoms with Gasteiger partial charge in [0.05, 0.1) is 30.1 Å². The number of hydrogen-bond donors (Lipinski definition) is 5. The molecule has 3 aromatic rings. The molecule has 0 spiro atoms. The third-order valence-corrected chi connectivity index (χ3v) is 9.20. The highest BCUT2D eigenvalue weighted by atomic mass is 32.2. The number of carbonyl (C=O) groups excluding carboxylic acids is 3. The van der Waals surface area contributed by atoms with Gasteiger partial charge in [0.2, 0.25) is 5.91 Å². The molecule has 0 radical (unpaired) electrons. The summed E-state index contributed by atoms with van der Waals surface area (Å²) < 4.78 is 0. The van der Waals surface area contributed by atoms with Crippen LogP contribution in [0.5, 0.6) is 0 Å². The molecule has 47 heavy (non-hydrogen) atoms. The number of aliphatic hydroxyl groups is 2. The number of nitrogens with one attached hydrogen (secondary N) is 3. The lowest BCUT2D eigenvalue weighted by atomic mass is 9.92. The molecule has 250 valence electrons. The van der Waals surface area contributed by atoms with Crippen LogP contribution in [-0.4, -0.2) is 74.3 Å². The molecule has 1 heterocycles. The molecule has 0 bridgehead atoms. The summed E-state index contributed by atoms with van der Waals surface area (Å²) in [6, 6.07) is 19.6. The van der Waals surface area contributed by atoms with Gasteiger partial charge < -0.3 is 26.2 Å². The SMILES string of the molecule is CCCC(CCC)SC[C@@H](NC(=O)c1cccnc1)C(=O)N[C@@H](Cc1ccccc1)[C@@H](O)[C@H](O)[C@@H](CC#N)NC(=O)c1ccccc1. The molecular weight excluding hydrogens is 614 g/mol. The topological polar surface area (TPSA) is 164 Å². The summed E-state index contributed by atoms with van der Waals surface area (Å²) in [4.78, 5) is 44.0. The second-order valence-electron chi connectivity index (χ2n) is 11.4. The molecule has 5 N–H and O–H groups in total. The number of hydrogen-bond acceptors (Lipinski definition) is 8. The summed E-state index contributed by atoms with van der Waals surface area (Å²) in [5, 5.41) is 41.1. The lowest BCUT2D eigenvalue weighted by molar-refractivity contribution is -0.125. The Balaban J connectivity index is 1.86. The highest BCUT2D eigenvalue weighted by Gasteiger charge is 2.36. The van der Waals surface area contributed by atoms with Crippen LogP contribution in [-0.2, 0) is 11.2 Å². The smallest absolute Gasteiger partial charge is 0.253 e. The zero-order valence-electron chi connectivity index (χ0n) is 26.9. The quantitative estimate of drug-likeness (QED) is 0.129. The summed E-state index contributed by atoms with van der Waals surface area (Å²) >= 11 is 1.62. The van der Waals surface area contributed by atoms with Gasteiger partial charge in [0.25, 0.3) is 11.8 Å². The number of aliphatic hydroxyl groups excluding tert-OH is 2. The lowest BCUT2D eigenvalue weighted by Crippen LogP contribution is -2.59. The van der Waals surface area contributed by atoms with Crippen molar-refractivity contribution in [3.05, 3.63) is 102 Å². The zero-order valence-corrected chi connectivity index (χ0v) is 27.7. The van der Waals surface area contributed by atoms with E-state index in [1.54, 1.807) is 60.4 Å². The second kappa shape index (κ2) is 20.1. The van der Waals surface area contributed by atoms with Gasteiger partial charge in [-0.1, -0.05) is 75.2 Å². The Kier molecular flexibility index (Phi) is 15.9. The van der Waals surface area contributed by atoms with Gasteiger partial charge in [0.1, 0.15) is 18.2 Å². The number of amides is 3. The van der Waals surface area contributed by atoms with E-state index in [2.05, 4.69) is 34.8 Å². The van der Waals surface area contributed by atoms with Crippen LogP contribution in [0.3, 0.4) is 0 Å². The van der Waals surface area contributed by atoms with E-state index in [0.717, 1.165) is 31.2 Å². The van der Waals surface area contributed by atoms with E-state index in [9.17, 15) is 29.9 Å². The standard InChI is InChI=1S/C36H45N5O5S/c1-3-12-28(13-4-2)47-24-31(41-35(45)27-18-11-21-38-23-27)36(46)40-30(22-25-14-7-5-8-15-25)33(43)32(42)29(19-20-37)39-34(44)26-16-9-6-10-17-26/h5-11,14-18,21,23,28-33,42-43H,3-4,12-13,19,22,24H2,1-2H3,(H,39,44)(H,40,46)(H,41,45)/t29-,30+,31-,32-,33-/m1/s1. The third kappa shape index (κ3) is 12.1. The number of pyridine rings is 1. The first kappa shape index (κ1) is 37.2.